The van der Waals surface area contributed by atoms with Gasteiger partial charge in [-0.15, -0.1) is 24.0 Å². The molecule has 0 fully saturated rings. The Balaban J connectivity index is 0.00000288. The van der Waals surface area contributed by atoms with Crippen LogP contribution in [0.5, 0.6) is 11.5 Å². The van der Waals surface area contributed by atoms with E-state index in [1.54, 1.807) is 7.11 Å². The Morgan fingerprint density at radius 2 is 1.62 bits per heavy atom. The molecule has 0 atom stereocenters. The Labute approximate surface area is 160 Å². The number of rotatable bonds is 6. The minimum Gasteiger partial charge on any atom is -0.497 e. The molecule has 24 heavy (non-hydrogen) atoms. The van der Waals surface area contributed by atoms with Gasteiger partial charge in [0.05, 0.1) is 19.8 Å². The molecule has 0 saturated heterocycles. The van der Waals surface area contributed by atoms with Gasteiger partial charge in [-0.2, -0.15) is 0 Å². The summed E-state index contributed by atoms with van der Waals surface area (Å²) in [6.45, 7) is 4.52. The van der Waals surface area contributed by atoms with Crippen LogP contribution in [0.2, 0.25) is 0 Å². The maximum Gasteiger partial charge on any atom is 0.193 e. The maximum absolute atomic E-state index is 5.90. The molecule has 0 heterocycles. The molecule has 2 aromatic rings. The third kappa shape index (κ3) is 6.66. The van der Waals surface area contributed by atoms with E-state index in [-0.39, 0.29) is 30.1 Å². The van der Waals surface area contributed by atoms with E-state index in [9.17, 15) is 0 Å². The summed E-state index contributed by atoms with van der Waals surface area (Å²) in [5, 5.41) is 3.05. The lowest BCUT2D eigenvalue weighted by Gasteiger charge is -2.10. The monoisotopic (exact) mass is 441 g/mol. The molecule has 0 aliphatic carbocycles. The molecule has 130 valence electrons. The van der Waals surface area contributed by atoms with Gasteiger partial charge in [-0.25, -0.2) is 4.99 Å². The SMILES string of the molecule is COc1ccc(NC(N)=NCc2ccc(OC(C)C)cc2)cc1.I. The lowest BCUT2D eigenvalue weighted by atomic mass is 10.2. The van der Waals surface area contributed by atoms with Gasteiger partial charge in [-0.1, -0.05) is 12.1 Å². The molecular weight excluding hydrogens is 417 g/mol. The Hall–Kier alpha value is -1.96. The fraction of sp³-hybridized carbons (Fsp3) is 0.278. The molecule has 6 heteroatoms. The third-order valence-corrected chi connectivity index (χ3v) is 3.09. The van der Waals surface area contributed by atoms with Crippen LogP contribution in [0.15, 0.2) is 53.5 Å². The molecule has 0 amide bonds. The van der Waals surface area contributed by atoms with Crippen LogP contribution in [-0.2, 0) is 6.54 Å². The van der Waals surface area contributed by atoms with Gasteiger partial charge >= 0.3 is 0 Å². The molecular formula is C18H24IN3O2. The number of guanidine groups is 1. The normalized spacial score (nSPS) is 10.9. The topological polar surface area (TPSA) is 68.9 Å². The van der Waals surface area contributed by atoms with E-state index < -0.39 is 0 Å². The Bertz CT molecular complexity index is 640. The number of hydrogen-bond donors (Lipinski definition) is 2. The highest BCUT2D eigenvalue weighted by molar-refractivity contribution is 14.0. The van der Waals surface area contributed by atoms with Gasteiger partial charge in [0.25, 0.3) is 0 Å². The van der Waals surface area contributed by atoms with Crippen molar-refractivity contribution in [1.29, 1.82) is 0 Å². The zero-order valence-electron chi connectivity index (χ0n) is 14.2. The molecule has 0 aromatic heterocycles. The summed E-state index contributed by atoms with van der Waals surface area (Å²) in [4.78, 5) is 4.33. The zero-order valence-corrected chi connectivity index (χ0v) is 16.5. The van der Waals surface area contributed by atoms with Crippen LogP contribution in [0.3, 0.4) is 0 Å². The molecule has 0 spiro atoms. The molecule has 0 aliphatic rings. The summed E-state index contributed by atoms with van der Waals surface area (Å²) < 4.78 is 10.7. The number of hydrogen-bond acceptors (Lipinski definition) is 3. The molecule has 5 nitrogen and oxygen atoms in total. The van der Waals surface area contributed by atoms with Crippen LogP contribution in [-0.4, -0.2) is 19.2 Å². The van der Waals surface area contributed by atoms with Crippen LogP contribution in [0.4, 0.5) is 5.69 Å². The maximum atomic E-state index is 5.90. The predicted molar refractivity (Wildman–Crippen MR) is 110 cm³/mol. The van der Waals surface area contributed by atoms with Crippen molar-refractivity contribution in [3.05, 3.63) is 54.1 Å². The van der Waals surface area contributed by atoms with Crippen LogP contribution in [0.25, 0.3) is 0 Å². The molecule has 0 bridgehead atoms. The van der Waals surface area contributed by atoms with Gasteiger partial charge in [0.15, 0.2) is 5.96 Å². The number of nitrogens with one attached hydrogen (secondary N) is 1. The first-order chi connectivity index (χ1) is 11.1. The lowest BCUT2D eigenvalue weighted by Crippen LogP contribution is -2.22. The van der Waals surface area contributed by atoms with Crippen molar-refractivity contribution in [2.75, 3.05) is 12.4 Å². The van der Waals surface area contributed by atoms with E-state index >= 15 is 0 Å². The van der Waals surface area contributed by atoms with Gasteiger partial charge < -0.3 is 20.5 Å². The number of nitrogens with two attached hydrogens (primary N) is 1. The quantitative estimate of drug-likeness (QED) is 0.404. The molecule has 0 saturated carbocycles. The van der Waals surface area contributed by atoms with Crippen molar-refractivity contribution in [2.45, 2.75) is 26.5 Å². The first kappa shape index (κ1) is 20.1. The smallest absolute Gasteiger partial charge is 0.193 e. The summed E-state index contributed by atoms with van der Waals surface area (Å²) in [5.41, 5.74) is 7.84. The van der Waals surface area contributed by atoms with Gasteiger partial charge in [-0.3, -0.25) is 0 Å². The van der Waals surface area contributed by atoms with Crippen LogP contribution < -0.4 is 20.5 Å². The molecule has 3 N–H and O–H groups in total. The number of ether oxygens (including phenoxy) is 2. The fourth-order valence-electron chi connectivity index (χ4n) is 1.98. The minimum absolute atomic E-state index is 0. The summed E-state index contributed by atoms with van der Waals surface area (Å²) in [6, 6.07) is 15.4. The Kier molecular flexibility index (Phi) is 8.39. The number of methoxy groups -OCH3 is 1. The van der Waals surface area contributed by atoms with E-state index in [0.29, 0.717) is 12.5 Å². The number of halogens is 1. The van der Waals surface area contributed by atoms with Gasteiger partial charge in [-0.05, 0) is 55.8 Å². The first-order valence-corrected chi connectivity index (χ1v) is 7.53. The van der Waals surface area contributed by atoms with Crippen LogP contribution >= 0.6 is 24.0 Å². The van der Waals surface area contributed by atoms with Crippen molar-refractivity contribution < 1.29 is 9.47 Å². The standard InChI is InChI=1S/C18H23N3O2.HI/c1-13(2)23-17-8-4-14(5-9-17)12-20-18(19)21-15-6-10-16(22-3)11-7-15;/h4-11,13H,12H2,1-3H3,(H3,19,20,21);1H. The van der Waals surface area contributed by atoms with Crippen molar-refractivity contribution >= 4 is 35.6 Å². The van der Waals surface area contributed by atoms with Crippen LogP contribution in [0.1, 0.15) is 19.4 Å². The second-order valence-electron chi connectivity index (χ2n) is 5.37. The van der Waals surface area contributed by atoms with Crippen molar-refractivity contribution in [1.82, 2.24) is 0 Å². The predicted octanol–water partition coefficient (Wildman–Crippen LogP) is 4.03. The molecule has 2 rings (SSSR count). The molecule has 0 aliphatic heterocycles. The van der Waals surface area contributed by atoms with Crippen LogP contribution in [0, 0.1) is 0 Å². The summed E-state index contributed by atoms with van der Waals surface area (Å²) in [6.07, 6.45) is 0.170. The van der Waals surface area contributed by atoms with Gasteiger partial charge in [0.1, 0.15) is 11.5 Å². The van der Waals surface area contributed by atoms with Gasteiger partial charge in [0.2, 0.25) is 0 Å². The minimum atomic E-state index is 0. The Morgan fingerprint density at radius 3 is 2.17 bits per heavy atom. The second-order valence-corrected chi connectivity index (χ2v) is 5.37. The number of benzene rings is 2. The summed E-state index contributed by atoms with van der Waals surface area (Å²) in [5.74, 6) is 2.03. The molecule has 0 radical (unpaired) electrons. The second kappa shape index (κ2) is 10.0. The van der Waals surface area contributed by atoms with E-state index in [0.717, 1.165) is 22.7 Å². The summed E-state index contributed by atoms with van der Waals surface area (Å²) >= 11 is 0. The highest BCUT2D eigenvalue weighted by Gasteiger charge is 1.99. The zero-order chi connectivity index (χ0) is 16.7. The van der Waals surface area contributed by atoms with E-state index in [2.05, 4.69) is 10.3 Å². The van der Waals surface area contributed by atoms with Crippen molar-refractivity contribution in [3.8, 4) is 11.5 Å². The summed E-state index contributed by atoms with van der Waals surface area (Å²) in [7, 11) is 1.63. The van der Waals surface area contributed by atoms with E-state index in [4.69, 9.17) is 15.2 Å². The molecule has 0 unspecified atom stereocenters. The Morgan fingerprint density at radius 1 is 1.04 bits per heavy atom. The van der Waals surface area contributed by atoms with Gasteiger partial charge in [0, 0.05) is 5.69 Å². The number of aliphatic imine (C=N–C) groups is 1. The first-order valence-electron chi connectivity index (χ1n) is 7.53. The highest BCUT2D eigenvalue weighted by atomic mass is 127. The largest absolute Gasteiger partial charge is 0.497 e. The van der Waals surface area contributed by atoms with Crippen molar-refractivity contribution in [3.63, 3.8) is 0 Å². The van der Waals surface area contributed by atoms with E-state index in [1.165, 1.54) is 0 Å². The third-order valence-electron chi connectivity index (χ3n) is 3.09. The lowest BCUT2D eigenvalue weighted by molar-refractivity contribution is 0.242. The molecule has 2 aromatic carbocycles. The average Bonchev–Trinajstić information content (AvgIpc) is 2.54. The number of anilines is 1. The fourth-order valence-corrected chi connectivity index (χ4v) is 1.98. The highest BCUT2D eigenvalue weighted by Crippen LogP contribution is 2.16. The number of nitrogens with zero attached hydrogens (tertiary/aromatic N) is 1. The van der Waals surface area contributed by atoms with E-state index in [1.807, 2.05) is 62.4 Å². The van der Waals surface area contributed by atoms with Crippen molar-refractivity contribution in [2.24, 2.45) is 10.7 Å². The average molecular weight is 441 g/mol.